The van der Waals surface area contributed by atoms with E-state index < -0.39 is 0 Å². The molecule has 0 fully saturated rings. The molecule has 4 aromatic rings. The molecule has 0 radical (unpaired) electrons. The van der Waals surface area contributed by atoms with Crippen LogP contribution in [0.15, 0.2) is 67.0 Å². The highest BCUT2D eigenvalue weighted by atomic mass is 15.0. The molecule has 1 N–H and O–H groups in total. The van der Waals surface area contributed by atoms with E-state index in [0.29, 0.717) is 5.82 Å². The zero-order valence-corrected chi connectivity index (χ0v) is 14.2. The molecule has 0 spiro atoms. The molecular weight excluding hydrogens is 308 g/mol. The molecule has 2 heterocycles. The maximum absolute atomic E-state index is 4.79. The molecule has 0 aliphatic heterocycles. The Bertz CT molecular complexity index is 1030. The highest BCUT2D eigenvalue weighted by Crippen LogP contribution is 2.31. The minimum Gasteiger partial charge on any atom is -0.373 e. The summed E-state index contributed by atoms with van der Waals surface area (Å²) in [6.45, 7) is 2.12. The second-order valence-corrected chi connectivity index (χ2v) is 5.94. The zero-order chi connectivity index (χ0) is 17.2. The molecule has 2 aromatic heterocycles. The molecule has 0 saturated heterocycles. The van der Waals surface area contributed by atoms with E-state index in [1.54, 1.807) is 12.4 Å². The Morgan fingerprint density at radius 3 is 2.40 bits per heavy atom. The molecule has 2 aromatic carbocycles. The lowest BCUT2D eigenvalue weighted by atomic mass is 9.98. The summed E-state index contributed by atoms with van der Waals surface area (Å²) in [4.78, 5) is 13.6. The fourth-order valence-corrected chi connectivity index (χ4v) is 3.03. The van der Waals surface area contributed by atoms with Crippen LogP contribution in [-0.2, 0) is 0 Å². The summed E-state index contributed by atoms with van der Waals surface area (Å²) >= 11 is 0. The minimum atomic E-state index is 0.674. The average molecular weight is 326 g/mol. The maximum Gasteiger partial charge on any atom is 0.163 e. The predicted molar refractivity (Wildman–Crippen MR) is 102 cm³/mol. The molecule has 0 bridgehead atoms. The number of benzene rings is 2. The lowest BCUT2D eigenvalue weighted by molar-refractivity contribution is 1.19. The Labute approximate surface area is 146 Å². The number of nitrogens with one attached hydrogen (secondary N) is 1. The third kappa shape index (κ3) is 2.83. The van der Waals surface area contributed by atoms with Crippen molar-refractivity contribution >= 4 is 16.7 Å². The van der Waals surface area contributed by atoms with Crippen LogP contribution >= 0.6 is 0 Å². The monoisotopic (exact) mass is 326 g/mol. The van der Waals surface area contributed by atoms with Crippen molar-refractivity contribution in [2.45, 2.75) is 6.92 Å². The SMILES string of the molecule is CNc1nc(-c2cccnc2)nc2cc(-c3ccccc3)c(C)cc12. The van der Waals surface area contributed by atoms with Crippen LogP contribution in [0.25, 0.3) is 33.4 Å². The van der Waals surface area contributed by atoms with Gasteiger partial charge < -0.3 is 5.32 Å². The van der Waals surface area contributed by atoms with Crippen molar-refractivity contribution in [3.8, 4) is 22.5 Å². The standard InChI is InChI=1S/C21H18N4/c1-14-11-18-19(12-17(14)15-7-4-3-5-8-15)24-20(25-21(18)22-2)16-9-6-10-23-13-16/h3-13H,1-2H3,(H,22,24,25). The highest BCUT2D eigenvalue weighted by molar-refractivity contribution is 5.94. The second-order valence-electron chi connectivity index (χ2n) is 5.94. The van der Waals surface area contributed by atoms with Gasteiger partial charge in [-0.05, 0) is 47.9 Å². The van der Waals surface area contributed by atoms with Crippen LogP contribution in [0.1, 0.15) is 5.56 Å². The van der Waals surface area contributed by atoms with Crippen molar-refractivity contribution in [2.24, 2.45) is 0 Å². The van der Waals surface area contributed by atoms with Gasteiger partial charge >= 0.3 is 0 Å². The van der Waals surface area contributed by atoms with Crippen molar-refractivity contribution in [1.82, 2.24) is 15.0 Å². The first-order chi connectivity index (χ1) is 12.3. The zero-order valence-electron chi connectivity index (χ0n) is 14.2. The number of nitrogens with zero attached hydrogens (tertiary/aromatic N) is 3. The van der Waals surface area contributed by atoms with E-state index in [2.05, 4.69) is 58.6 Å². The molecule has 0 aliphatic carbocycles. The summed E-state index contributed by atoms with van der Waals surface area (Å²) in [5.41, 5.74) is 5.40. The van der Waals surface area contributed by atoms with Crippen molar-refractivity contribution < 1.29 is 0 Å². The molecule has 4 nitrogen and oxygen atoms in total. The third-order valence-corrected chi connectivity index (χ3v) is 4.28. The fraction of sp³-hybridized carbons (Fsp3) is 0.0952. The third-order valence-electron chi connectivity index (χ3n) is 4.28. The van der Waals surface area contributed by atoms with E-state index in [9.17, 15) is 0 Å². The highest BCUT2D eigenvalue weighted by Gasteiger charge is 2.12. The van der Waals surface area contributed by atoms with Crippen molar-refractivity contribution in [1.29, 1.82) is 0 Å². The number of aromatic nitrogens is 3. The molecule has 25 heavy (non-hydrogen) atoms. The van der Waals surface area contributed by atoms with E-state index in [-0.39, 0.29) is 0 Å². The summed E-state index contributed by atoms with van der Waals surface area (Å²) in [5, 5.41) is 4.22. The number of pyridine rings is 1. The molecule has 0 amide bonds. The smallest absolute Gasteiger partial charge is 0.163 e. The summed E-state index contributed by atoms with van der Waals surface area (Å²) in [6.07, 6.45) is 3.54. The number of hydrogen-bond donors (Lipinski definition) is 1. The lowest BCUT2D eigenvalue weighted by Gasteiger charge is -2.12. The van der Waals surface area contributed by atoms with Gasteiger partial charge in [0.25, 0.3) is 0 Å². The van der Waals surface area contributed by atoms with Gasteiger partial charge in [0.1, 0.15) is 5.82 Å². The van der Waals surface area contributed by atoms with E-state index in [4.69, 9.17) is 4.98 Å². The quantitative estimate of drug-likeness (QED) is 0.592. The Morgan fingerprint density at radius 1 is 0.880 bits per heavy atom. The van der Waals surface area contributed by atoms with Gasteiger partial charge in [-0.2, -0.15) is 0 Å². The number of fused-ring (bicyclic) bond motifs is 1. The molecule has 0 aliphatic rings. The Hall–Kier alpha value is -3.27. The molecule has 4 rings (SSSR count). The van der Waals surface area contributed by atoms with Gasteiger partial charge in [0.2, 0.25) is 0 Å². The van der Waals surface area contributed by atoms with Crippen molar-refractivity contribution in [2.75, 3.05) is 12.4 Å². The summed E-state index contributed by atoms with van der Waals surface area (Å²) < 4.78 is 0. The van der Waals surface area contributed by atoms with E-state index in [1.807, 2.05) is 25.2 Å². The molecule has 0 saturated carbocycles. The topological polar surface area (TPSA) is 50.7 Å². The summed E-state index contributed by atoms with van der Waals surface area (Å²) in [6, 6.07) is 18.5. The van der Waals surface area contributed by atoms with E-state index in [0.717, 1.165) is 22.3 Å². The molecule has 0 unspecified atom stereocenters. The lowest BCUT2D eigenvalue weighted by Crippen LogP contribution is -2.00. The predicted octanol–water partition coefficient (Wildman–Crippen LogP) is 4.71. The van der Waals surface area contributed by atoms with Crippen LogP contribution in [-0.4, -0.2) is 22.0 Å². The molecular formula is C21H18N4. The van der Waals surface area contributed by atoms with Crippen LogP contribution in [0.2, 0.25) is 0 Å². The first-order valence-electron chi connectivity index (χ1n) is 8.22. The largest absolute Gasteiger partial charge is 0.373 e. The van der Waals surface area contributed by atoms with Crippen LogP contribution < -0.4 is 5.32 Å². The van der Waals surface area contributed by atoms with Gasteiger partial charge in [-0.3, -0.25) is 4.98 Å². The van der Waals surface area contributed by atoms with Crippen molar-refractivity contribution in [3.05, 3.63) is 72.6 Å². The van der Waals surface area contributed by atoms with E-state index in [1.165, 1.54) is 16.7 Å². The fourth-order valence-electron chi connectivity index (χ4n) is 3.03. The number of rotatable bonds is 3. The van der Waals surface area contributed by atoms with Crippen LogP contribution in [0.4, 0.5) is 5.82 Å². The van der Waals surface area contributed by atoms with Gasteiger partial charge in [0, 0.05) is 30.4 Å². The summed E-state index contributed by atoms with van der Waals surface area (Å²) in [5.74, 6) is 1.50. The number of aryl methyl sites for hydroxylation is 1. The maximum atomic E-state index is 4.79. The second kappa shape index (κ2) is 6.32. The Balaban J connectivity index is 1.97. The number of hydrogen-bond acceptors (Lipinski definition) is 4. The molecule has 0 atom stereocenters. The Morgan fingerprint density at radius 2 is 1.68 bits per heavy atom. The minimum absolute atomic E-state index is 0.674. The normalized spacial score (nSPS) is 10.8. The van der Waals surface area contributed by atoms with E-state index >= 15 is 0 Å². The average Bonchev–Trinajstić information content (AvgIpc) is 2.68. The Kier molecular flexibility index (Phi) is 3.86. The van der Waals surface area contributed by atoms with Crippen LogP contribution in [0, 0.1) is 6.92 Å². The summed E-state index contributed by atoms with van der Waals surface area (Å²) in [7, 11) is 1.88. The molecule has 122 valence electrons. The number of anilines is 1. The van der Waals surface area contributed by atoms with Crippen LogP contribution in [0.5, 0.6) is 0 Å². The van der Waals surface area contributed by atoms with Gasteiger partial charge in [-0.25, -0.2) is 9.97 Å². The van der Waals surface area contributed by atoms with Gasteiger partial charge in [-0.15, -0.1) is 0 Å². The first kappa shape index (κ1) is 15.3. The van der Waals surface area contributed by atoms with Crippen LogP contribution in [0.3, 0.4) is 0 Å². The van der Waals surface area contributed by atoms with Crippen molar-refractivity contribution in [3.63, 3.8) is 0 Å². The molecule has 4 heteroatoms. The van der Waals surface area contributed by atoms with Gasteiger partial charge in [0.15, 0.2) is 5.82 Å². The first-order valence-corrected chi connectivity index (χ1v) is 8.22. The van der Waals surface area contributed by atoms with Gasteiger partial charge in [-0.1, -0.05) is 30.3 Å². The van der Waals surface area contributed by atoms with Gasteiger partial charge in [0.05, 0.1) is 5.52 Å².